The Hall–Kier alpha value is -1.20. The maximum Gasteiger partial charge on any atom is 0.170 e. The highest BCUT2D eigenvalue weighted by Gasteiger charge is 2.14. The predicted molar refractivity (Wildman–Crippen MR) is 80.6 cm³/mol. The summed E-state index contributed by atoms with van der Waals surface area (Å²) >= 11 is 0. The maximum atomic E-state index is 14.5. The molecular formula is C15H26FN3O. The number of aromatic nitrogens is 1. The third-order valence-electron chi connectivity index (χ3n) is 3.08. The van der Waals surface area contributed by atoms with Gasteiger partial charge >= 0.3 is 0 Å². The zero-order valence-electron chi connectivity index (χ0n) is 12.8. The molecule has 0 fully saturated rings. The molecule has 0 radical (unpaired) electrons. The van der Waals surface area contributed by atoms with Crippen molar-refractivity contribution in [2.24, 2.45) is 0 Å². The van der Waals surface area contributed by atoms with Gasteiger partial charge in [0, 0.05) is 38.0 Å². The van der Waals surface area contributed by atoms with Crippen LogP contribution in [0, 0.1) is 5.82 Å². The first-order valence-corrected chi connectivity index (χ1v) is 7.41. The Morgan fingerprint density at radius 3 is 2.80 bits per heavy atom. The minimum absolute atomic E-state index is 0.227. The lowest BCUT2D eigenvalue weighted by Gasteiger charge is -2.23. The monoisotopic (exact) mass is 283 g/mol. The van der Waals surface area contributed by atoms with Gasteiger partial charge in [0.2, 0.25) is 0 Å². The maximum absolute atomic E-state index is 14.5. The summed E-state index contributed by atoms with van der Waals surface area (Å²) in [5.41, 5.74) is 0.665. The van der Waals surface area contributed by atoms with Gasteiger partial charge in [-0.15, -0.1) is 0 Å². The first kappa shape index (κ1) is 16.9. The first-order chi connectivity index (χ1) is 9.74. The van der Waals surface area contributed by atoms with E-state index in [0.717, 1.165) is 13.0 Å². The second-order valence-corrected chi connectivity index (χ2v) is 4.56. The number of nitrogens with one attached hydrogen (secondary N) is 1. The topological polar surface area (TPSA) is 37.4 Å². The van der Waals surface area contributed by atoms with E-state index in [0.29, 0.717) is 44.2 Å². The molecule has 0 aliphatic rings. The fourth-order valence-corrected chi connectivity index (χ4v) is 1.96. The lowest BCUT2D eigenvalue weighted by Crippen LogP contribution is -2.29. The third-order valence-corrected chi connectivity index (χ3v) is 3.08. The van der Waals surface area contributed by atoms with Crippen LogP contribution in [-0.2, 0) is 11.3 Å². The van der Waals surface area contributed by atoms with Crippen LogP contribution in [0.25, 0.3) is 0 Å². The van der Waals surface area contributed by atoms with Gasteiger partial charge in [0.25, 0.3) is 0 Å². The van der Waals surface area contributed by atoms with Crippen LogP contribution in [0.1, 0.15) is 32.8 Å². The summed E-state index contributed by atoms with van der Waals surface area (Å²) in [5, 5.41) is 3.22. The summed E-state index contributed by atoms with van der Waals surface area (Å²) in [4.78, 5) is 6.10. The highest BCUT2D eigenvalue weighted by molar-refractivity contribution is 5.43. The molecule has 114 valence electrons. The number of halogens is 1. The van der Waals surface area contributed by atoms with Crippen molar-refractivity contribution in [1.82, 2.24) is 10.3 Å². The SMILES string of the molecule is CCCNCc1ccnc(N(CC)CCOCC)c1F. The number of ether oxygens (including phenoxy) is 1. The molecule has 5 heteroatoms. The largest absolute Gasteiger partial charge is 0.380 e. The van der Waals surface area contributed by atoms with Crippen LogP contribution >= 0.6 is 0 Å². The van der Waals surface area contributed by atoms with Gasteiger partial charge in [-0.3, -0.25) is 0 Å². The normalized spacial score (nSPS) is 10.8. The molecule has 4 nitrogen and oxygen atoms in total. The molecule has 20 heavy (non-hydrogen) atoms. The van der Waals surface area contributed by atoms with E-state index in [-0.39, 0.29) is 5.82 Å². The van der Waals surface area contributed by atoms with Gasteiger partial charge in [-0.2, -0.15) is 0 Å². The van der Waals surface area contributed by atoms with Crippen LogP contribution in [0.3, 0.4) is 0 Å². The van der Waals surface area contributed by atoms with Gasteiger partial charge in [-0.05, 0) is 32.9 Å². The summed E-state index contributed by atoms with van der Waals surface area (Å²) in [6.07, 6.45) is 2.71. The van der Waals surface area contributed by atoms with Crippen LogP contribution in [0.5, 0.6) is 0 Å². The average molecular weight is 283 g/mol. The number of rotatable bonds is 10. The molecule has 1 N–H and O–H groups in total. The van der Waals surface area contributed by atoms with E-state index < -0.39 is 0 Å². The average Bonchev–Trinajstić information content (AvgIpc) is 2.46. The van der Waals surface area contributed by atoms with Gasteiger partial charge in [0.1, 0.15) is 0 Å². The summed E-state index contributed by atoms with van der Waals surface area (Å²) in [7, 11) is 0. The Morgan fingerprint density at radius 1 is 1.35 bits per heavy atom. The van der Waals surface area contributed by atoms with Crippen molar-refractivity contribution in [3.8, 4) is 0 Å². The van der Waals surface area contributed by atoms with Crippen molar-refractivity contribution in [1.29, 1.82) is 0 Å². The Bertz CT molecular complexity index is 387. The first-order valence-electron chi connectivity index (χ1n) is 7.41. The number of hydrogen-bond donors (Lipinski definition) is 1. The predicted octanol–water partition coefficient (Wildman–Crippen LogP) is 2.58. The molecule has 0 aromatic carbocycles. The molecular weight excluding hydrogens is 257 g/mol. The molecule has 0 unspecified atom stereocenters. The fraction of sp³-hybridized carbons (Fsp3) is 0.667. The molecule has 0 aliphatic heterocycles. The minimum atomic E-state index is -0.227. The van der Waals surface area contributed by atoms with Gasteiger partial charge in [0.05, 0.1) is 6.61 Å². The highest BCUT2D eigenvalue weighted by Crippen LogP contribution is 2.19. The van der Waals surface area contributed by atoms with Crippen LogP contribution in [0.2, 0.25) is 0 Å². The standard InChI is InChI=1S/C15H26FN3O/c1-4-8-17-12-13-7-9-18-15(14(13)16)19(5-2)10-11-20-6-3/h7,9,17H,4-6,8,10-12H2,1-3H3. The molecule has 1 aromatic heterocycles. The van der Waals surface area contributed by atoms with Crippen molar-refractivity contribution in [2.75, 3.05) is 37.7 Å². The second kappa shape index (κ2) is 9.66. The third kappa shape index (κ3) is 5.06. The van der Waals surface area contributed by atoms with E-state index in [4.69, 9.17) is 4.74 Å². The van der Waals surface area contributed by atoms with E-state index >= 15 is 0 Å². The highest BCUT2D eigenvalue weighted by atomic mass is 19.1. The van der Waals surface area contributed by atoms with E-state index in [1.165, 1.54) is 0 Å². The molecule has 0 amide bonds. The van der Waals surface area contributed by atoms with E-state index in [1.807, 2.05) is 18.7 Å². The molecule has 0 aliphatic carbocycles. The zero-order valence-corrected chi connectivity index (χ0v) is 12.8. The lowest BCUT2D eigenvalue weighted by molar-refractivity contribution is 0.153. The van der Waals surface area contributed by atoms with Crippen LogP contribution in [-0.4, -0.2) is 37.8 Å². The van der Waals surface area contributed by atoms with E-state index in [1.54, 1.807) is 12.3 Å². The van der Waals surface area contributed by atoms with Crippen molar-refractivity contribution in [3.05, 3.63) is 23.6 Å². The van der Waals surface area contributed by atoms with Gasteiger partial charge in [-0.1, -0.05) is 6.92 Å². The van der Waals surface area contributed by atoms with Crippen molar-refractivity contribution >= 4 is 5.82 Å². The quantitative estimate of drug-likeness (QED) is 0.670. The Morgan fingerprint density at radius 2 is 2.15 bits per heavy atom. The Labute approximate surface area is 121 Å². The Kier molecular flexibility index (Phi) is 8.14. The number of likely N-dealkylation sites (N-methyl/N-ethyl adjacent to an activating group) is 1. The zero-order chi connectivity index (χ0) is 14.8. The van der Waals surface area contributed by atoms with Crippen LogP contribution in [0.15, 0.2) is 12.3 Å². The van der Waals surface area contributed by atoms with Gasteiger partial charge in [0.15, 0.2) is 11.6 Å². The van der Waals surface area contributed by atoms with Crippen molar-refractivity contribution < 1.29 is 9.13 Å². The number of nitrogens with zero attached hydrogens (tertiary/aromatic N) is 2. The van der Waals surface area contributed by atoms with Gasteiger partial charge in [-0.25, -0.2) is 9.37 Å². The van der Waals surface area contributed by atoms with Crippen LogP contribution < -0.4 is 10.2 Å². The number of pyridine rings is 1. The molecule has 1 rings (SSSR count). The lowest BCUT2D eigenvalue weighted by atomic mass is 10.2. The summed E-state index contributed by atoms with van der Waals surface area (Å²) in [6.45, 7) is 10.1. The molecule has 0 saturated heterocycles. The minimum Gasteiger partial charge on any atom is -0.380 e. The molecule has 1 aromatic rings. The smallest absolute Gasteiger partial charge is 0.170 e. The molecule has 0 spiro atoms. The fourth-order valence-electron chi connectivity index (χ4n) is 1.96. The van der Waals surface area contributed by atoms with Crippen molar-refractivity contribution in [3.63, 3.8) is 0 Å². The number of anilines is 1. The van der Waals surface area contributed by atoms with Gasteiger partial charge < -0.3 is 15.0 Å². The van der Waals surface area contributed by atoms with E-state index in [9.17, 15) is 4.39 Å². The summed E-state index contributed by atoms with van der Waals surface area (Å²) in [5.74, 6) is 0.192. The number of hydrogen-bond acceptors (Lipinski definition) is 4. The summed E-state index contributed by atoms with van der Waals surface area (Å²) in [6, 6.07) is 1.73. The second-order valence-electron chi connectivity index (χ2n) is 4.56. The summed E-state index contributed by atoms with van der Waals surface area (Å²) < 4.78 is 19.8. The molecule has 0 bridgehead atoms. The van der Waals surface area contributed by atoms with Crippen LogP contribution in [0.4, 0.5) is 10.2 Å². The van der Waals surface area contributed by atoms with Crippen molar-refractivity contribution in [2.45, 2.75) is 33.7 Å². The Balaban J connectivity index is 2.74. The molecule has 1 heterocycles. The molecule has 0 saturated carbocycles. The molecule has 0 atom stereocenters. The van der Waals surface area contributed by atoms with E-state index in [2.05, 4.69) is 17.2 Å².